The van der Waals surface area contributed by atoms with Gasteiger partial charge in [-0.3, -0.25) is 9.88 Å². The number of rotatable bonds is 5. The highest BCUT2D eigenvalue weighted by Crippen LogP contribution is 2.04. The van der Waals surface area contributed by atoms with Crippen molar-refractivity contribution in [2.45, 2.75) is 12.5 Å². The average Bonchev–Trinajstić information content (AvgIpc) is 2.40. The van der Waals surface area contributed by atoms with Crippen molar-refractivity contribution in [2.24, 2.45) is 0 Å². The van der Waals surface area contributed by atoms with Gasteiger partial charge in [0.2, 0.25) is 0 Å². The Balaban J connectivity index is 1.66. The summed E-state index contributed by atoms with van der Waals surface area (Å²) in [5, 5.41) is 3.57. The highest BCUT2D eigenvalue weighted by atomic mass is 15.3. The maximum Gasteiger partial charge on any atom is 0.0345 e. The first kappa shape index (κ1) is 13.5. The highest BCUT2D eigenvalue weighted by molar-refractivity contribution is 5.09. The van der Waals surface area contributed by atoms with Crippen LogP contribution in [0.5, 0.6) is 0 Å². The molecule has 4 nitrogen and oxygen atoms in total. The molecule has 0 radical (unpaired) electrons. The van der Waals surface area contributed by atoms with E-state index in [2.05, 4.69) is 46.3 Å². The first-order valence-corrected chi connectivity index (χ1v) is 6.74. The van der Waals surface area contributed by atoms with Crippen LogP contribution in [0.3, 0.4) is 0 Å². The molecular weight excluding hydrogens is 224 g/mol. The molecule has 1 saturated heterocycles. The Bertz CT molecular complexity index is 341. The zero-order valence-corrected chi connectivity index (χ0v) is 11.5. The molecule has 1 unspecified atom stereocenters. The average molecular weight is 248 g/mol. The lowest BCUT2D eigenvalue weighted by Crippen LogP contribution is -2.53. The van der Waals surface area contributed by atoms with Gasteiger partial charge in [0.1, 0.15) is 0 Å². The SMILES string of the molecule is CN1CCN(C)C(CNCCc2ccncc2)C1. The Morgan fingerprint density at radius 3 is 2.83 bits per heavy atom. The van der Waals surface area contributed by atoms with Gasteiger partial charge in [0, 0.05) is 44.6 Å². The molecule has 0 amide bonds. The summed E-state index contributed by atoms with van der Waals surface area (Å²) in [5.41, 5.74) is 1.35. The monoisotopic (exact) mass is 248 g/mol. The van der Waals surface area contributed by atoms with E-state index in [1.165, 1.54) is 25.2 Å². The number of hydrogen-bond donors (Lipinski definition) is 1. The zero-order chi connectivity index (χ0) is 12.8. The molecule has 1 aromatic heterocycles. The molecule has 1 aliphatic rings. The quantitative estimate of drug-likeness (QED) is 0.767. The number of aromatic nitrogens is 1. The van der Waals surface area contributed by atoms with Gasteiger partial charge in [0.25, 0.3) is 0 Å². The maximum atomic E-state index is 4.03. The Morgan fingerprint density at radius 2 is 2.06 bits per heavy atom. The molecular formula is C14H24N4. The minimum absolute atomic E-state index is 0.640. The van der Waals surface area contributed by atoms with Gasteiger partial charge in [0.05, 0.1) is 0 Å². The van der Waals surface area contributed by atoms with Crippen molar-refractivity contribution in [3.05, 3.63) is 30.1 Å². The van der Waals surface area contributed by atoms with E-state index in [4.69, 9.17) is 0 Å². The number of hydrogen-bond acceptors (Lipinski definition) is 4. The molecule has 0 bridgehead atoms. The number of nitrogens with zero attached hydrogens (tertiary/aromatic N) is 3. The van der Waals surface area contributed by atoms with Crippen LogP contribution in [0.2, 0.25) is 0 Å². The first-order valence-electron chi connectivity index (χ1n) is 6.74. The van der Waals surface area contributed by atoms with E-state index in [0.717, 1.165) is 19.5 Å². The smallest absolute Gasteiger partial charge is 0.0345 e. The van der Waals surface area contributed by atoms with E-state index < -0.39 is 0 Å². The Morgan fingerprint density at radius 1 is 1.28 bits per heavy atom. The summed E-state index contributed by atoms with van der Waals surface area (Å²) >= 11 is 0. The number of piperazine rings is 1. The number of nitrogens with one attached hydrogen (secondary N) is 1. The Labute approximate surface area is 110 Å². The van der Waals surface area contributed by atoms with Crippen molar-refractivity contribution >= 4 is 0 Å². The molecule has 2 rings (SSSR count). The lowest BCUT2D eigenvalue weighted by Gasteiger charge is -2.37. The second kappa shape index (κ2) is 6.83. The van der Waals surface area contributed by atoms with E-state index in [0.29, 0.717) is 6.04 Å². The second-order valence-corrected chi connectivity index (χ2v) is 5.21. The molecule has 0 spiro atoms. The molecule has 1 aromatic rings. The molecule has 0 aliphatic carbocycles. The van der Waals surface area contributed by atoms with Gasteiger partial charge >= 0.3 is 0 Å². The van der Waals surface area contributed by atoms with Crippen molar-refractivity contribution in [1.29, 1.82) is 0 Å². The largest absolute Gasteiger partial charge is 0.315 e. The lowest BCUT2D eigenvalue weighted by molar-refractivity contribution is 0.113. The van der Waals surface area contributed by atoms with E-state index >= 15 is 0 Å². The second-order valence-electron chi connectivity index (χ2n) is 5.21. The van der Waals surface area contributed by atoms with Crippen LogP contribution in [0, 0.1) is 0 Å². The van der Waals surface area contributed by atoms with Crippen LogP contribution >= 0.6 is 0 Å². The predicted octanol–water partition coefficient (Wildman–Crippen LogP) is 0.460. The molecule has 2 heterocycles. The fourth-order valence-corrected chi connectivity index (χ4v) is 2.37. The third kappa shape index (κ3) is 4.05. The van der Waals surface area contributed by atoms with Crippen molar-refractivity contribution in [2.75, 3.05) is 46.8 Å². The fourth-order valence-electron chi connectivity index (χ4n) is 2.37. The first-order chi connectivity index (χ1) is 8.75. The van der Waals surface area contributed by atoms with Crippen LogP contribution in [0.25, 0.3) is 0 Å². The molecule has 0 saturated carbocycles. The predicted molar refractivity (Wildman–Crippen MR) is 74.7 cm³/mol. The maximum absolute atomic E-state index is 4.03. The van der Waals surface area contributed by atoms with Gasteiger partial charge in [0.15, 0.2) is 0 Å². The van der Waals surface area contributed by atoms with Gasteiger partial charge in [-0.15, -0.1) is 0 Å². The lowest BCUT2D eigenvalue weighted by atomic mass is 10.1. The molecule has 1 N–H and O–H groups in total. The van der Waals surface area contributed by atoms with Crippen LogP contribution in [0.15, 0.2) is 24.5 Å². The van der Waals surface area contributed by atoms with Crippen molar-refractivity contribution in [1.82, 2.24) is 20.1 Å². The Kier molecular flexibility index (Phi) is 5.11. The van der Waals surface area contributed by atoms with E-state index in [9.17, 15) is 0 Å². The third-order valence-electron chi connectivity index (χ3n) is 3.70. The van der Waals surface area contributed by atoms with Crippen molar-refractivity contribution < 1.29 is 0 Å². The van der Waals surface area contributed by atoms with E-state index in [1.807, 2.05) is 12.4 Å². The van der Waals surface area contributed by atoms with Crippen LogP contribution in [0.4, 0.5) is 0 Å². The molecule has 1 atom stereocenters. The molecule has 4 heteroatoms. The summed E-state index contributed by atoms with van der Waals surface area (Å²) in [5.74, 6) is 0. The van der Waals surface area contributed by atoms with Gasteiger partial charge in [-0.25, -0.2) is 0 Å². The third-order valence-corrected chi connectivity index (χ3v) is 3.70. The van der Waals surface area contributed by atoms with Gasteiger partial charge < -0.3 is 10.2 Å². The fraction of sp³-hybridized carbons (Fsp3) is 0.643. The molecule has 18 heavy (non-hydrogen) atoms. The van der Waals surface area contributed by atoms with Gasteiger partial charge in [-0.2, -0.15) is 0 Å². The summed E-state index contributed by atoms with van der Waals surface area (Å²) in [6.07, 6.45) is 4.80. The minimum atomic E-state index is 0.640. The molecule has 1 aliphatic heterocycles. The normalized spacial score (nSPS) is 22.2. The van der Waals surface area contributed by atoms with Crippen LogP contribution < -0.4 is 5.32 Å². The zero-order valence-electron chi connectivity index (χ0n) is 11.5. The summed E-state index contributed by atoms with van der Waals surface area (Å²) in [4.78, 5) is 8.90. The number of pyridine rings is 1. The van der Waals surface area contributed by atoms with Crippen LogP contribution in [-0.2, 0) is 6.42 Å². The number of likely N-dealkylation sites (N-methyl/N-ethyl adjacent to an activating group) is 2. The summed E-state index contributed by atoms with van der Waals surface area (Å²) in [7, 11) is 4.43. The van der Waals surface area contributed by atoms with Gasteiger partial charge in [-0.1, -0.05) is 0 Å². The standard InChI is InChI=1S/C14H24N4/c1-17-9-10-18(2)14(12-17)11-16-8-5-13-3-6-15-7-4-13/h3-4,6-7,14,16H,5,8-12H2,1-2H3. The molecule has 0 aromatic carbocycles. The summed E-state index contributed by atoms with van der Waals surface area (Å²) in [6.45, 7) is 5.64. The minimum Gasteiger partial charge on any atom is -0.315 e. The van der Waals surface area contributed by atoms with E-state index in [-0.39, 0.29) is 0 Å². The highest BCUT2D eigenvalue weighted by Gasteiger charge is 2.21. The topological polar surface area (TPSA) is 31.4 Å². The van der Waals surface area contributed by atoms with Crippen molar-refractivity contribution in [3.63, 3.8) is 0 Å². The van der Waals surface area contributed by atoms with E-state index in [1.54, 1.807) is 0 Å². The molecule has 100 valence electrons. The Hall–Kier alpha value is -0.970. The van der Waals surface area contributed by atoms with Crippen LogP contribution in [0.1, 0.15) is 5.56 Å². The van der Waals surface area contributed by atoms with Crippen LogP contribution in [-0.4, -0.2) is 67.6 Å². The molecule has 1 fully saturated rings. The van der Waals surface area contributed by atoms with Gasteiger partial charge in [-0.05, 0) is 44.8 Å². The summed E-state index contributed by atoms with van der Waals surface area (Å²) in [6, 6.07) is 4.81. The summed E-state index contributed by atoms with van der Waals surface area (Å²) < 4.78 is 0. The van der Waals surface area contributed by atoms with Crippen molar-refractivity contribution in [3.8, 4) is 0 Å².